The summed E-state index contributed by atoms with van der Waals surface area (Å²) in [5.41, 5.74) is 2.79. The lowest BCUT2D eigenvalue weighted by Gasteiger charge is -1.98. The highest BCUT2D eigenvalue weighted by Gasteiger charge is 2.28. The van der Waals surface area contributed by atoms with Crippen LogP contribution in [0.15, 0.2) is 40.3 Å². The maximum Gasteiger partial charge on any atom is 0.275 e. The Morgan fingerprint density at radius 1 is 1.26 bits per heavy atom. The second kappa shape index (κ2) is 6.58. The summed E-state index contributed by atoms with van der Waals surface area (Å²) in [6.45, 7) is 2.05. The van der Waals surface area contributed by atoms with E-state index < -0.39 is 0 Å². The molecule has 1 aromatic carbocycles. The highest BCUT2D eigenvalue weighted by molar-refractivity contribution is 7.98. The number of aromatic amines is 1. The number of fused-ring (bicyclic) bond motifs is 1. The number of benzene rings is 1. The van der Waals surface area contributed by atoms with Crippen LogP contribution in [-0.4, -0.2) is 29.8 Å². The standard InChI is InChI=1S/C18H16N6OS2/c1-10-2-4-11(5-3-10)15-20-17(22-21-15)26-9-13-8-14(25)24-18(19-13)27-16(23-24)12-6-7-12/h2-5,8,12H,6-7,9H2,1H3,(H,20,21,22). The van der Waals surface area contributed by atoms with Crippen molar-refractivity contribution in [3.63, 3.8) is 0 Å². The Kier molecular flexibility index (Phi) is 4.05. The maximum atomic E-state index is 12.3. The molecule has 0 bridgehead atoms. The Balaban J connectivity index is 1.34. The molecule has 3 heterocycles. The zero-order chi connectivity index (χ0) is 18.4. The number of aryl methyl sites for hydroxylation is 1. The molecule has 0 amide bonds. The van der Waals surface area contributed by atoms with Crippen molar-refractivity contribution < 1.29 is 0 Å². The normalized spacial score (nSPS) is 14.1. The molecule has 0 radical (unpaired) electrons. The minimum atomic E-state index is -0.130. The van der Waals surface area contributed by atoms with E-state index in [2.05, 4.69) is 32.2 Å². The molecule has 1 fully saturated rings. The summed E-state index contributed by atoms with van der Waals surface area (Å²) in [6, 6.07) is 9.66. The highest BCUT2D eigenvalue weighted by Crippen LogP contribution is 2.41. The van der Waals surface area contributed by atoms with Gasteiger partial charge in [0.25, 0.3) is 5.56 Å². The van der Waals surface area contributed by atoms with Crippen LogP contribution in [0, 0.1) is 6.92 Å². The first-order chi connectivity index (χ1) is 13.2. The van der Waals surface area contributed by atoms with Gasteiger partial charge in [-0.15, -0.1) is 5.10 Å². The molecule has 4 aromatic rings. The lowest BCUT2D eigenvalue weighted by molar-refractivity contribution is 0.848. The third kappa shape index (κ3) is 3.40. The van der Waals surface area contributed by atoms with Crippen molar-refractivity contribution >= 4 is 28.1 Å². The van der Waals surface area contributed by atoms with E-state index in [4.69, 9.17) is 0 Å². The lowest BCUT2D eigenvalue weighted by Crippen LogP contribution is -2.15. The van der Waals surface area contributed by atoms with Gasteiger partial charge in [0, 0.05) is 23.3 Å². The van der Waals surface area contributed by atoms with Gasteiger partial charge in [-0.05, 0) is 19.8 Å². The first kappa shape index (κ1) is 16.6. The molecule has 9 heteroatoms. The molecule has 1 aliphatic carbocycles. The average Bonchev–Trinajstić information content (AvgIpc) is 3.24. The van der Waals surface area contributed by atoms with Gasteiger partial charge in [0.15, 0.2) is 5.82 Å². The minimum Gasteiger partial charge on any atom is -0.267 e. The van der Waals surface area contributed by atoms with Crippen LogP contribution in [0.5, 0.6) is 0 Å². The molecular formula is C18H16N6OS2. The van der Waals surface area contributed by atoms with E-state index in [9.17, 15) is 4.79 Å². The Morgan fingerprint density at radius 2 is 2.07 bits per heavy atom. The van der Waals surface area contributed by atoms with Crippen molar-refractivity contribution in [1.29, 1.82) is 0 Å². The number of H-pyrrole nitrogens is 1. The van der Waals surface area contributed by atoms with E-state index >= 15 is 0 Å². The van der Waals surface area contributed by atoms with E-state index in [1.807, 2.05) is 24.3 Å². The van der Waals surface area contributed by atoms with Crippen molar-refractivity contribution in [2.75, 3.05) is 0 Å². The molecule has 1 aliphatic rings. The summed E-state index contributed by atoms with van der Waals surface area (Å²) in [4.78, 5) is 22.1. The molecule has 0 atom stereocenters. The quantitative estimate of drug-likeness (QED) is 0.520. The SMILES string of the molecule is Cc1ccc(-c2nc(SCc3cc(=O)n4nc(C5CC5)sc4n3)n[nH]2)cc1. The lowest BCUT2D eigenvalue weighted by atomic mass is 10.1. The van der Waals surface area contributed by atoms with Crippen LogP contribution >= 0.6 is 23.1 Å². The smallest absolute Gasteiger partial charge is 0.267 e. The fourth-order valence-corrected chi connectivity index (χ4v) is 4.51. The van der Waals surface area contributed by atoms with Gasteiger partial charge in [0.2, 0.25) is 10.1 Å². The van der Waals surface area contributed by atoms with E-state index in [0.29, 0.717) is 21.8 Å². The fourth-order valence-electron chi connectivity index (χ4n) is 2.73. The van der Waals surface area contributed by atoms with E-state index in [1.54, 1.807) is 6.07 Å². The Labute approximate surface area is 162 Å². The van der Waals surface area contributed by atoms with Gasteiger partial charge in [-0.3, -0.25) is 9.89 Å². The maximum absolute atomic E-state index is 12.3. The predicted octanol–water partition coefficient (Wildman–Crippen LogP) is 3.41. The number of hydrogen-bond acceptors (Lipinski definition) is 7. The van der Waals surface area contributed by atoms with Gasteiger partial charge >= 0.3 is 0 Å². The van der Waals surface area contributed by atoms with Crippen LogP contribution in [0.4, 0.5) is 0 Å². The number of thioether (sulfide) groups is 1. The van der Waals surface area contributed by atoms with Crippen LogP contribution in [0.1, 0.15) is 35.0 Å². The number of rotatable bonds is 5. The fraction of sp³-hybridized carbons (Fsp3) is 0.278. The minimum absolute atomic E-state index is 0.130. The molecule has 1 saturated carbocycles. The monoisotopic (exact) mass is 396 g/mol. The van der Waals surface area contributed by atoms with E-state index in [-0.39, 0.29) is 5.56 Å². The Bertz CT molecular complexity index is 1170. The number of nitrogens with one attached hydrogen (secondary N) is 1. The molecule has 1 N–H and O–H groups in total. The summed E-state index contributed by atoms with van der Waals surface area (Å²) in [7, 11) is 0. The molecule has 5 rings (SSSR count). The molecule has 0 aliphatic heterocycles. The largest absolute Gasteiger partial charge is 0.275 e. The molecule has 3 aromatic heterocycles. The van der Waals surface area contributed by atoms with E-state index in [1.165, 1.54) is 33.2 Å². The average molecular weight is 397 g/mol. The van der Waals surface area contributed by atoms with Crippen molar-refractivity contribution in [3.8, 4) is 11.4 Å². The van der Waals surface area contributed by atoms with Gasteiger partial charge in [-0.2, -0.15) is 9.61 Å². The molecule has 0 saturated heterocycles. The first-order valence-corrected chi connectivity index (χ1v) is 10.5. The topological polar surface area (TPSA) is 88.8 Å². The number of hydrogen-bond donors (Lipinski definition) is 1. The summed E-state index contributed by atoms with van der Waals surface area (Å²) in [6.07, 6.45) is 2.32. The van der Waals surface area contributed by atoms with Gasteiger partial charge in [-0.25, -0.2) is 9.97 Å². The molecule has 136 valence electrons. The first-order valence-electron chi connectivity index (χ1n) is 8.68. The molecule has 0 unspecified atom stereocenters. The van der Waals surface area contributed by atoms with Gasteiger partial charge in [-0.1, -0.05) is 52.9 Å². The van der Waals surface area contributed by atoms with Crippen LogP contribution in [0.25, 0.3) is 16.3 Å². The molecule has 0 spiro atoms. The van der Waals surface area contributed by atoms with Crippen LogP contribution < -0.4 is 5.56 Å². The van der Waals surface area contributed by atoms with Crippen molar-refractivity contribution in [2.24, 2.45) is 0 Å². The Hall–Kier alpha value is -2.52. The predicted molar refractivity (Wildman–Crippen MR) is 105 cm³/mol. The zero-order valence-electron chi connectivity index (χ0n) is 14.5. The van der Waals surface area contributed by atoms with Crippen molar-refractivity contribution in [3.05, 3.63) is 57.0 Å². The zero-order valence-corrected chi connectivity index (χ0v) is 16.2. The highest BCUT2D eigenvalue weighted by atomic mass is 32.2. The third-order valence-corrected chi connectivity index (χ3v) is 6.33. The molecule has 27 heavy (non-hydrogen) atoms. The summed E-state index contributed by atoms with van der Waals surface area (Å²) in [5.74, 6) is 1.79. The molecule has 7 nitrogen and oxygen atoms in total. The summed E-state index contributed by atoms with van der Waals surface area (Å²) < 4.78 is 1.41. The second-order valence-corrected chi connectivity index (χ2v) is 8.55. The number of nitrogens with zero attached hydrogens (tertiary/aromatic N) is 5. The van der Waals surface area contributed by atoms with Gasteiger partial charge < -0.3 is 0 Å². The van der Waals surface area contributed by atoms with Crippen molar-refractivity contribution in [2.45, 2.75) is 36.6 Å². The van der Waals surface area contributed by atoms with Gasteiger partial charge in [0.05, 0.1) is 5.69 Å². The van der Waals surface area contributed by atoms with E-state index in [0.717, 1.165) is 34.9 Å². The Morgan fingerprint density at radius 3 is 2.85 bits per heavy atom. The van der Waals surface area contributed by atoms with Crippen LogP contribution in [-0.2, 0) is 5.75 Å². The third-order valence-electron chi connectivity index (χ3n) is 4.38. The second-order valence-electron chi connectivity index (χ2n) is 6.62. The van der Waals surface area contributed by atoms with Crippen LogP contribution in [0.3, 0.4) is 0 Å². The number of aromatic nitrogens is 6. The summed E-state index contributed by atoms with van der Waals surface area (Å²) in [5, 5.41) is 13.3. The summed E-state index contributed by atoms with van der Waals surface area (Å²) >= 11 is 2.97. The molecular weight excluding hydrogens is 380 g/mol. The van der Waals surface area contributed by atoms with Crippen molar-refractivity contribution in [1.82, 2.24) is 29.8 Å². The van der Waals surface area contributed by atoms with Crippen LogP contribution in [0.2, 0.25) is 0 Å². The van der Waals surface area contributed by atoms with Gasteiger partial charge in [0.1, 0.15) is 5.01 Å².